The second-order valence-electron chi connectivity index (χ2n) is 4.21. The van der Waals surface area contributed by atoms with Crippen LogP contribution in [0.25, 0.3) is 0 Å². The number of sulfonamides is 2. The Bertz CT molecular complexity index is 920. The number of rotatable bonds is 3. The Hall–Kier alpha value is -2.13. The van der Waals surface area contributed by atoms with E-state index in [1.54, 1.807) is 0 Å². The molecule has 0 saturated carbocycles. The molecule has 0 bridgehead atoms. The maximum absolute atomic E-state index is 10.7. The Morgan fingerprint density at radius 3 is 1.96 bits per heavy atom. The molecule has 0 fully saturated rings. The molecule has 7 N–H and O–H groups in total. The van der Waals surface area contributed by atoms with Crippen LogP contribution in [0.5, 0.6) is 0 Å². The molecule has 0 aliphatic heterocycles. The summed E-state index contributed by atoms with van der Waals surface area (Å²) in [5.74, 6) is -0.350. The van der Waals surface area contributed by atoms with E-state index in [0.29, 0.717) is 17.0 Å². The van der Waals surface area contributed by atoms with Gasteiger partial charge in [-0.05, 0) is 24.3 Å². The Kier molecular flexibility index (Phi) is 6.33. The van der Waals surface area contributed by atoms with Crippen molar-refractivity contribution in [3.8, 4) is 0 Å². The van der Waals surface area contributed by atoms with E-state index in [1.807, 2.05) is 0 Å². The molecule has 24 heavy (non-hydrogen) atoms. The third-order valence-electron chi connectivity index (χ3n) is 2.14. The SMILES string of the molecule is CC(=O)Nc1nnc(S(N)(=O)=O)s1.Nc1ccc(S(N)(=O)=O)cc1. The molecule has 1 aromatic carbocycles. The number of nitrogens with one attached hydrogen (secondary N) is 1. The molecule has 132 valence electrons. The molecular formula is C10H14N6O5S3. The van der Waals surface area contributed by atoms with Gasteiger partial charge in [0.05, 0.1) is 4.90 Å². The number of nitrogens with two attached hydrogens (primary N) is 3. The molecule has 1 amide bonds. The first-order chi connectivity index (χ1) is 10.9. The summed E-state index contributed by atoms with van der Waals surface area (Å²) in [7, 11) is -7.40. The van der Waals surface area contributed by atoms with Gasteiger partial charge in [-0.3, -0.25) is 4.79 Å². The summed E-state index contributed by atoms with van der Waals surface area (Å²) in [6.07, 6.45) is 0. The van der Waals surface area contributed by atoms with Crippen LogP contribution < -0.4 is 21.3 Å². The highest BCUT2D eigenvalue weighted by molar-refractivity contribution is 7.91. The number of carbonyl (C=O) groups is 1. The number of hydrogen-bond donors (Lipinski definition) is 4. The molecule has 1 heterocycles. The number of nitrogens with zero attached hydrogens (tertiary/aromatic N) is 2. The van der Waals surface area contributed by atoms with Gasteiger partial charge in [0.1, 0.15) is 0 Å². The molecule has 0 aliphatic carbocycles. The van der Waals surface area contributed by atoms with Gasteiger partial charge in [0.15, 0.2) is 0 Å². The molecule has 1 aromatic heterocycles. The number of hydrogen-bond acceptors (Lipinski definition) is 9. The Morgan fingerprint density at radius 1 is 1.04 bits per heavy atom. The minimum Gasteiger partial charge on any atom is -0.399 e. The average molecular weight is 394 g/mol. The van der Waals surface area contributed by atoms with Gasteiger partial charge < -0.3 is 11.1 Å². The number of anilines is 2. The van der Waals surface area contributed by atoms with E-state index in [2.05, 4.69) is 15.5 Å². The van der Waals surface area contributed by atoms with Crippen LogP contribution in [0.4, 0.5) is 10.8 Å². The van der Waals surface area contributed by atoms with Crippen molar-refractivity contribution in [1.29, 1.82) is 0 Å². The number of carbonyl (C=O) groups excluding carboxylic acids is 1. The maximum Gasteiger partial charge on any atom is 0.267 e. The van der Waals surface area contributed by atoms with Crippen LogP contribution in [0.1, 0.15) is 6.92 Å². The number of benzene rings is 1. The summed E-state index contributed by atoms with van der Waals surface area (Å²) >= 11 is 0.701. The lowest BCUT2D eigenvalue weighted by atomic mass is 10.3. The molecule has 2 rings (SSSR count). The fraction of sp³-hybridized carbons (Fsp3) is 0.100. The third-order valence-corrected chi connectivity index (χ3v) is 5.22. The molecule has 0 spiro atoms. The number of aromatic nitrogens is 2. The predicted octanol–water partition coefficient (Wildman–Crippen LogP) is -0.940. The molecule has 0 aliphatic rings. The van der Waals surface area contributed by atoms with Crippen LogP contribution in [0.2, 0.25) is 0 Å². The summed E-state index contributed by atoms with van der Waals surface area (Å²) in [5.41, 5.74) is 5.85. The summed E-state index contributed by atoms with van der Waals surface area (Å²) in [5, 5.41) is 18.7. The van der Waals surface area contributed by atoms with Crippen molar-refractivity contribution >= 4 is 48.1 Å². The van der Waals surface area contributed by atoms with Crippen LogP contribution in [0.15, 0.2) is 33.5 Å². The lowest BCUT2D eigenvalue weighted by Crippen LogP contribution is -2.11. The van der Waals surface area contributed by atoms with E-state index in [1.165, 1.54) is 31.2 Å². The molecule has 2 aromatic rings. The Morgan fingerprint density at radius 2 is 1.58 bits per heavy atom. The summed E-state index contributed by atoms with van der Waals surface area (Å²) in [6, 6.07) is 5.70. The second kappa shape index (κ2) is 7.63. The molecule has 14 heteroatoms. The van der Waals surface area contributed by atoms with Gasteiger partial charge in [0.2, 0.25) is 25.4 Å². The quantitative estimate of drug-likeness (QED) is 0.377. The lowest BCUT2D eigenvalue weighted by molar-refractivity contribution is -0.114. The molecule has 0 radical (unpaired) electrons. The van der Waals surface area contributed by atoms with Gasteiger partial charge in [-0.25, -0.2) is 27.1 Å². The van der Waals surface area contributed by atoms with Crippen LogP contribution in [0, 0.1) is 0 Å². The fourth-order valence-corrected chi connectivity index (χ4v) is 3.08. The standard InChI is InChI=1S/C6H8N2O2S.C4H6N4O3S2/c7-5-1-3-6(4-2-5)11(8,9)10;1-2(9)6-3-7-8-4(12-3)13(5,10)11/h1-4H,7H2,(H2,8,9,10);1H3,(H2,5,10,11)(H,6,7,9). The van der Waals surface area contributed by atoms with Gasteiger partial charge in [0.25, 0.3) is 10.0 Å². The van der Waals surface area contributed by atoms with E-state index in [-0.39, 0.29) is 20.3 Å². The molecular weight excluding hydrogens is 380 g/mol. The van der Waals surface area contributed by atoms with E-state index >= 15 is 0 Å². The van der Waals surface area contributed by atoms with Crippen molar-refractivity contribution in [2.75, 3.05) is 11.1 Å². The van der Waals surface area contributed by atoms with Crippen molar-refractivity contribution in [1.82, 2.24) is 10.2 Å². The van der Waals surface area contributed by atoms with Crippen LogP contribution in [-0.4, -0.2) is 32.9 Å². The summed E-state index contributed by atoms with van der Waals surface area (Å²) in [4.78, 5) is 10.6. The van der Waals surface area contributed by atoms with E-state index in [4.69, 9.17) is 16.0 Å². The monoisotopic (exact) mass is 394 g/mol. The highest BCUT2D eigenvalue weighted by Gasteiger charge is 2.15. The normalized spacial score (nSPS) is 11.3. The molecule has 0 saturated heterocycles. The molecule has 0 unspecified atom stereocenters. The topological polar surface area (TPSA) is 201 Å². The summed E-state index contributed by atoms with van der Waals surface area (Å²) in [6.45, 7) is 1.28. The number of amides is 1. The van der Waals surface area contributed by atoms with E-state index in [9.17, 15) is 21.6 Å². The van der Waals surface area contributed by atoms with Crippen molar-refractivity contribution in [3.63, 3.8) is 0 Å². The van der Waals surface area contributed by atoms with Gasteiger partial charge in [-0.2, -0.15) is 0 Å². The third kappa shape index (κ3) is 6.55. The second-order valence-corrected chi connectivity index (χ2v) is 8.49. The zero-order chi connectivity index (χ0) is 18.5. The van der Waals surface area contributed by atoms with Gasteiger partial charge >= 0.3 is 0 Å². The minimum absolute atomic E-state index is 0.0756. The number of primary sulfonamides is 2. The Labute approximate surface area is 142 Å². The zero-order valence-electron chi connectivity index (χ0n) is 12.2. The van der Waals surface area contributed by atoms with Crippen LogP contribution in [-0.2, 0) is 24.8 Å². The first kappa shape index (κ1) is 19.9. The van der Waals surface area contributed by atoms with Crippen LogP contribution in [0.3, 0.4) is 0 Å². The summed E-state index contributed by atoms with van der Waals surface area (Å²) < 4.78 is 42.4. The average Bonchev–Trinajstić information content (AvgIpc) is 2.86. The number of nitrogen functional groups attached to an aromatic ring is 1. The van der Waals surface area contributed by atoms with Crippen molar-refractivity contribution in [3.05, 3.63) is 24.3 Å². The van der Waals surface area contributed by atoms with Gasteiger partial charge in [0, 0.05) is 12.6 Å². The van der Waals surface area contributed by atoms with Gasteiger partial charge in [-0.15, -0.1) is 10.2 Å². The smallest absolute Gasteiger partial charge is 0.267 e. The predicted molar refractivity (Wildman–Crippen MR) is 87.8 cm³/mol. The fourth-order valence-electron chi connectivity index (χ4n) is 1.18. The molecule has 0 atom stereocenters. The first-order valence-electron chi connectivity index (χ1n) is 5.92. The maximum atomic E-state index is 10.7. The minimum atomic E-state index is -3.82. The zero-order valence-corrected chi connectivity index (χ0v) is 14.7. The van der Waals surface area contributed by atoms with Gasteiger partial charge in [-0.1, -0.05) is 11.3 Å². The largest absolute Gasteiger partial charge is 0.399 e. The van der Waals surface area contributed by atoms with Crippen molar-refractivity contribution in [2.45, 2.75) is 16.2 Å². The van der Waals surface area contributed by atoms with Crippen molar-refractivity contribution in [2.24, 2.45) is 10.3 Å². The van der Waals surface area contributed by atoms with Crippen molar-refractivity contribution < 1.29 is 21.6 Å². The van der Waals surface area contributed by atoms with E-state index in [0.717, 1.165) is 0 Å². The molecule has 11 nitrogen and oxygen atoms in total. The highest BCUT2D eigenvalue weighted by atomic mass is 32.2. The van der Waals surface area contributed by atoms with E-state index < -0.39 is 20.0 Å². The first-order valence-corrected chi connectivity index (χ1v) is 9.83. The lowest BCUT2D eigenvalue weighted by Gasteiger charge is -1.96. The Balaban J connectivity index is 0.000000243. The van der Waals surface area contributed by atoms with Crippen LogP contribution >= 0.6 is 11.3 Å². The highest BCUT2D eigenvalue weighted by Crippen LogP contribution is 2.17.